The summed E-state index contributed by atoms with van der Waals surface area (Å²) in [7, 11) is 0. The number of anilines is 1. The lowest BCUT2D eigenvalue weighted by atomic mass is 10.2. The lowest BCUT2D eigenvalue weighted by Crippen LogP contribution is -2.12. The summed E-state index contributed by atoms with van der Waals surface area (Å²) in [6.07, 6.45) is 2.21. The van der Waals surface area contributed by atoms with E-state index in [-0.39, 0.29) is 5.91 Å². The Hall–Kier alpha value is -2.33. The van der Waals surface area contributed by atoms with Crippen molar-refractivity contribution in [3.63, 3.8) is 0 Å². The second kappa shape index (κ2) is 7.09. The fraction of sp³-hybridized carbons (Fsp3) is 0.111. The smallest absolute Gasteiger partial charge is 0.225 e. The number of rotatable bonds is 5. The van der Waals surface area contributed by atoms with E-state index in [1.807, 2.05) is 48.5 Å². The molecule has 0 saturated heterocycles. The summed E-state index contributed by atoms with van der Waals surface area (Å²) in [4.78, 5) is 17.6. The zero-order valence-corrected chi connectivity index (χ0v) is 12.8. The molecule has 1 N–H and O–H groups in total. The van der Waals surface area contributed by atoms with Crippen molar-refractivity contribution in [1.29, 1.82) is 0 Å². The van der Waals surface area contributed by atoms with Crippen molar-refractivity contribution in [1.82, 2.24) is 4.98 Å². The van der Waals surface area contributed by atoms with Gasteiger partial charge in [0.05, 0.1) is 11.2 Å². The van der Waals surface area contributed by atoms with Crippen molar-refractivity contribution in [2.75, 3.05) is 11.1 Å². The van der Waals surface area contributed by atoms with E-state index in [0.29, 0.717) is 6.42 Å². The van der Waals surface area contributed by atoms with Crippen LogP contribution >= 0.6 is 11.8 Å². The Morgan fingerprint density at radius 1 is 1.00 bits per heavy atom. The first-order valence-corrected chi connectivity index (χ1v) is 8.13. The predicted octanol–water partition coefficient (Wildman–Crippen LogP) is 4.36. The number of hydrogen-bond acceptors (Lipinski definition) is 3. The highest BCUT2D eigenvalue weighted by atomic mass is 32.2. The number of aromatic nitrogens is 1. The van der Waals surface area contributed by atoms with Crippen LogP contribution in [-0.4, -0.2) is 16.6 Å². The van der Waals surface area contributed by atoms with Crippen molar-refractivity contribution in [2.45, 2.75) is 11.3 Å². The van der Waals surface area contributed by atoms with Gasteiger partial charge in [-0.15, -0.1) is 11.8 Å². The number of pyridine rings is 1. The number of benzene rings is 2. The zero-order valence-electron chi connectivity index (χ0n) is 12.0. The van der Waals surface area contributed by atoms with Gasteiger partial charge in [0.1, 0.15) is 0 Å². The normalized spacial score (nSPS) is 10.5. The van der Waals surface area contributed by atoms with E-state index in [0.717, 1.165) is 22.3 Å². The molecule has 0 aliphatic rings. The van der Waals surface area contributed by atoms with Gasteiger partial charge in [-0.1, -0.05) is 36.4 Å². The molecular weight excluding hydrogens is 292 g/mol. The van der Waals surface area contributed by atoms with Crippen LogP contribution in [0.4, 0.5) is 5.69 Å². The number of nitrogens with one attached hydrogen (secondary N) is 1. The highest BCUT2D eigenvalue weighted by Gasteiger charge is 2.06. The summed E-state index contributed by atoms with van der Waals surface area (Å²) in [5.74, 6) is 0.773. The Bertz CT molecular complexity index is 769. The van der Waals surface area contributed by atoms with Crippen molar-refractivity contribution < 1.29 is 4.79 Å². The Morgan fingerprint density at radius 3 is 2.68 bits per heavy atom. The first-order valence-electron chi connectivity index (χ1n) is 7.14. The van der Waals surface area contributed by atoms with Crippen LogP contribution in [0.1, 0.15) is 6.42 Å². The van der Waals surface area contributed by atoms with Crippen LogP contribution in [0, 0.1) is 0 Å². The number of hydrogen-bond donors (Lipinski definition) is 1. The van der Waals surface area contributed by atoms with Gasteiger partial charge < -0.3 is 5.32 Å². The molecule has 0 radical (unpaired) electrons. The van der Waals surface area contributed by atoms with Gasteiger partial charge in [0.25, 0.3) is 0 Å². The van der Waals surface area contributed by atoms with Gasteiger partial charge in [0.15, 0.2) is 0 Å². The zero-order chi connectivity index (χ0) is 15.2. The summed E-state index contributed by atoms with van der Waals surface area (Å²) in [6.45, 7) is 0. The summed E-state index contributed by atoms with van der Waals surface area (Å²) in [5, 5.41) is 3.98. The van der Waals surface area contributed by atoms with Crippen molar-refractivity contribution in [2.24, 2.45) is 0 Å². The maximum Gasteiger partial charge on any atom is 0.225 e. The van der Waals surface area contributed by atoms with Crippen LogP contribution in [0.5, 0.6) is 0 Å². The molecule has 2 aromatic carbocycles. The maximum atomic E-state index is 12.1. The first-order chi connectivity index (χ1) is 10.8. The Kier molecular flexibility index (Phi) is 4.71. The standard InChI is InChI=1S/C18H16N2OS/c21-17(11-13-22-15-8-2-1-3-9-15)20-16-10-4-6-14-7-5-12-19-18(14)16/h1-10,12H,11,13H2,(H,20,21). The molecule has 1 heterocycles. The Balaban J connectivity index is 1.59. The summed E-state index contributed by atoms with van der Waals surface area (Å²) >= 11 is 1.69. The minimum Gasteiger partial charge on any atom is -0.324 e. The molecule has 1 amide bonds. The number of carbonyl (C=O) groups excluding carboxylic acids is 1. The molecular formula is C18H16N2OS. The van der Waals surface area contributed by atoms with Gasteiger partial charge in [-0.3, -0.25) is 9.78 Å². The number of thioether (sulfide) groups is 1. The fourth-order valence-corrected chi connectivity index (χ4v) is 3.07. The average molecular weight is 308 g/mol. The molecule has 1 aromatic heterocycles. The molecule has 0 atom stereocenters. The Labute approximate surface area is 133 Å². The van der Waals surface area contributed by atoms with Gasteiger partial charge in [-0.05, 0) is 24.3 Å². The molecule has 0 unspecified atom stereocenters. The molecule has 0 spiro atoms. The van der Waals surface area contributed by atoms with E-state index in [2.05, 4.69) is 22.4 Å². The van der Waals surface area contributed by atoms with Crippen molar-refractivity contribution in [3.05, 3.63) is 66.9 Å². The SMILES string of the molecule is O=C(CCSc1ccccc1)Nc1cccc2cccnc12. The Morgan fingerprint density at radius 2 is 1.82 bits per heavy atom. The van der Waals surface area contributed by atoms with Crippen LogP contribution in [0.15, 0.2) is 71.8 Å². The number of para-hydroxylation sites is 1. The van der Waals surface area contributed by atoms with Crippen LogP contribution in [0.25, 0.3) is 10.9 Å². The van der Waals surface area contributed by atoms with Crippen LogP contribution in [-0.2, 0) is 4.79 Å². The lowest BCUT2D eigenvalue weighted by Gasteiger charge is -2.08. The second-order valence-electron chi connectivity index (χ2n) is 4.84. The lowest BCUT2D eigenvalue weighted by molar-refractivity contribution is -0.115. The molecule has 0 bridgehead atoms. The van der Waals surface area contributed by atoms with Gasteiger partial charge in [-0.25, -0.2) is 0 Å². The van der Waals surface area contributed by atoms with Crippen LogP contribution in [0.3, 0.4) is 0 Å². The summed E-state index contributed by atoms with van der Waals surface area (Å²) in [5.41, 5.74) is 1.60. The second-order valence-corrected chi connectivity index (χ2v) is 6.01. The highest BCUT2D eigenvalue weighted by Crippen LogP contribution is 2.22. The quantitative estimate of drug-likeness (QED) is 0.712. The number of fused-ring (bicyclic) bond motifs is 1. The third-order valence-electron chi connectivity index (χ3n) is 3.25. The molecule has 0 aliphatic heterocycles. The fourth-order valence-electron chi connectivity index (χ4n) is 2.20. The third-order valence-corrected chi connectivity index (χ3v) is 4.26. The van der Waals surface area contributed by atoms with Gasteiger partial charge in [-0.2, -0.15) is 0 Å². The average Bonchev–Trinajstić information content (AvgIpc) is 2.56. The van der Waals surface area contributed by atoms with Gasteiger partial charge in [0.2, 0.25) is 5.91 Å². The number of nitrogens with zero attached hydrogens (tertiary/aromatic N) is 1. The van der Waals surface area contributed by atoms with Gasteiger partial charge in [0, 0.05) is 28.7 Å². The first kappa shape index (κ1) is 14.6. The summed E-state index contributed by atoms with van der Waals surface area (Å²) in [6, 6.07) is 19.8. The topological polar surface area (TPSA) is 42.0 Å². The van der Waals surface area contributed by atoms with E-state index in [9.17, 15) is 4.79 Å². The van der Waals surface area contributed by atoms with Crippen LogP contribution in [0.2, 0.25) is 0 Å². The molecule has 3 aromatic rings. The highest BCUT2D eigenvalue weighted by molar-refractivity contribution is 7.99. The van der Waals surface area contributed by atoms with E-state index >= 15 is 0 Å². The monoisotopic (exact) mass is 308 g/mol. The number of carbonyl (C=O) groups is 1. The minimum absolute atomic E-state index is 0.0154. The number of amides is 1. The molecule has 3 rings (SSSR count). The predicted molar refractivity (Wildman–Crippen MR) is 92.2 cm³/mol. The van der Waals surface area contributed by atoms with Gasteiger partial charge >= 0.3 is 0 Å². The largest absolute Gasteiger partial charge is 0.324 e. The van der Waals surface area contributed by atoms with Crippen molar-refractivity contribution >= 4 is 34.3 Å². The molecule has 4 heteroatoms. The van der Waals surface area contributed by atoms with E-state index in [1.165, 1.54) is 4.90 Å². The molecule has 22 heavy (non-hydrogen) atoms. The van der Waals surface area contributed by atoms with E-state index in [1.54, 1.807) is 18.0 Å². The minimum atomic E-state index is 0.0154. The maximum absolute atomic E-state index is 12.1. The van der Waals surface area contributed by atoms with Crippen LogP contribution < -0.4 is 5.32 Å². The molecule has 0 saturated carbocycles. The van der Waals surface area contributed by atoms with E-state index in [4.69, 9.17) is 0 Å². The third kappa shape index (κ3) is 3.65. The molecule has 0 aliphatic carbocycles. The van der Waals surface area contributed by atoms with Crippen molar-refractivity contribution in [3.8, 4) is 0 Å². The molecule has 110 valence electrons. The summed E-state index contributed by atoms with van der Waals surface area (Å²) < 4.78 is 0. The molecule has 0 fully saturated rings. The molecule has 3 nitrogen and oxygen atoms in total. The van der Waals surface area contributed by atoms with E-state index < -0.39 is 0 Å².